The van der Waals surface area contributed by atoms with Gasteiger partial charge in [-0.1, -0.05) is 26.0 Å². The van der Waals surface area contributed by atoms with Crippen LogP contribution in [0.5, 0.6) is 5.75 Å². The van der Waals surface area contributed by atoms with Gasteiger partial charge < -0.3 is 15.4 Å². The summed E-state index contributed by atoms with van der Waals surface area (Å²) < 4.78 is 42.3. The van der Waals surface area contributed by atoms with Crippen LogP contribution in [-0.2, 0) is 4.79 Å². The average Bonchev–Trinajstić information content (AvgIpc) is 2.60. The van der Waals surface area contributed by atoms with Crippen LogP contribution in [0.3, 0.4) is 0 Å². The van der Waals surface area contributed by atoms with Crippen molar-refractivity contribution in [3.05, 3.63) is 59.9 Å². The summed E-state index contributed by atoms with van der Waals surface area (Å²) >= 11 is 0. The zero-order valence-electron chi connectivity index (χ0n) is 14.7. The van der Waals surface area contributed by atoms with Gasteiger partial charge in [0.25, 0.3) is 5.91 Å². The summed E-state index contributed by atoms with van der Waals surface area (Å²) in [6.07, 6.45) is 0. The Hall–Kier alpha value is -3.03. The highest BCUT2D eigenvalue weighted by molar-refractivity contribution is 6.01. The lowest BCUT2D eigenvalue weighted by Crippen LogP contribution is -2.47. The van der Waals surface area contributed by atoms with Crippen molar-refractivity contribution >= 4 is 17.5 Å². The number of alkyl halides is 2. The van der Waals surface area contributed by atoms with Gasteiger partial charge in [-0.2, -0.15) is 8.78 Å². The molecule has 0 spiro atoms. The van der Waals surface area contributed by atoms with Crippen LogP contribution < -0.4 is 15.4 Å². The molecule has 0 saturated carbocycles. The van der Waals surface area contributed by atoms with E-state index in [1.807, 2.05) is 0 Å². The molecule has 0 aliphatic heterocycles. The van der Waals surface area contributed by atoms with E-state index in [0.717, 1.165) is 6.07 Å². The second-order valence-electron chi connectivity index (χ2n) is 6.07. The van der Waals surface area contributed by atoms with Gasteiger partial charge in [0.1, 0.15) is 17.6 Å². The predicted molar refractivity (Wildman–Crippen MR) is 94.2 cm³/mol. The van der Waals surface area contributed by atoms with Gasteiger partial charge in [0, 0.05) is 5.69 Å². The summed E-state index contributed by atoms with van der Waals surface area (Å²) in [5, 5.41) is 5.10. The first-order valence-electron chi connectivity index (χ1n) is 8.19. The lowest BCUT2D eigenvalue weighted by molar-refractivity contribution is -0.118. The number of carbonyl (C=O) groups is 2. The number of ether oxygens (including phenoxy) is 1. The SMILES string of the molecule is CC(C)C(NC(=O)c1ccccc1F)C(=O)Nc1ccc(OC(F)F)cc1. The van der Waals surface area contributed by atoms with Gasteiger partial charge in [0.2, 0.25) is 5.91 Å². The summed E-state index contributed by atoms with van der Waals surface area (Å²) in [4.78, 5) is 24.8. The quantitative estimate of drug-likeness (QED) is 0.767. The second kappa shape index (κ2) is 9.07. The van der Waals surface area contributed by atoms with E-state index in [0.29, 0.717) is 5.69 Å². The zero-order chi connectivity index (χ0) is 20.0. The summed E-state index contributed by atoms with van der Waals surface area (Å²) in [6.45, 7) is 0.515. The van der Waals surface area contributed by atoms with Crippen molar-refractivity contribution in [3.8, 4) is 5.75 Å². The maximum absolute atomic E-state index is 13.7. The Morgan fingerprint density at radius 2 is 1.63 bits per heavy atom. The van der Waals surface area contributed by atoms with E-state index in [2.05, 4.69) is 15.4 Å². The number of carbonyl (C=O) groups excluding carboxylic acids is 2. The molecule has 2 aromatic rings. The number of rotatable bonds is 7. The van der Waals surface area contributed by atoms with Gasteiger partial charge >= 0.3 is 6.61 Å². The Balaban J connectivity index is 2.06. The molecule has 0 aliphatic rings. The van der Waals surface area contributed by atoms with Gasteiger partial charge in [-0.25, -0.2) is 4.39 Å². The summed E-state index contributed by atoms with van der Waals surface area (Å²) in [5.74, 6) is -2.23. The van der Waals surface area contributed by atoms with Gasteiger partial charge in [0.05, 0.1) is 5.56 Å². The lowest BCUT2D eigenvalue weighted by Gasteiger charge is -2.22. The third-order valence-electron chi connectivity index (χ3n) is 3.70. The third kappa shape index (κ3) is 5.73. The number of anilines is 1. The standard InChI is InChI=1S/C19H19F3N2O3/c1-11(2)16(24-17(25)14-5-3-4-6-15(14)20)18(26)23-12-7-9-13(10-8-12)27-19(21)22/h3-11,16,19H,1-2H3,(H,23,26)(H,24,25). The number of benzene rings is 2. The number of halogens is 3. The molecule has 0 aliphatic carbocycles. The molecular formula is C19H19F3N2O3. The molecule has 0 bridgehead atoms. The van der Waals surface area contributed by atoms with E-state index < -0.39 is 30.3 Å². The van der Waals surface area contributed by atoms with Crippen molar-refractivity contribution in [2.45, 2.75) is 26.5 Å². The number of nitrogens with one attached hydrogen (secondary N) is 2. The molecule has 0 aromatic heterocycles. The van der Waals surface area contributed by atoms with Crippen LogP contribution in [0.2, 0.25) is 0 Å². The van der Waals surface area contributed by atoms with E-state index >= 15 is 0 Å². The monoisotopic (exact) mass is 380 g/mol. The number of hydrogen-bond donors (Lipinski definition) is 2. The predicted octanol–water partition coefficient (Wildman–Crippen LogP) is 3.82. The molecule has 5 nitrogen and oxygen atoms in total. The Morgan fingerprint density at radius 1 is 1.00 bits per heavy atom. The van der Waals surface area contributed by atoms with Crippen molar-refractivity contribution in [2.75, 3.05) is 5.32 Å². The van der Waals surface area contributed by atoms with Gasteiger partial charge in [-0.15, -0.1) is 0 Å². The first-order valence-corrected chi connectivity index (χ1v) is 8.19. The van der Waals surface area contributed by atoms with Gasteiger partial charge in [0.15, 0.2) is 0 Å². The largest absolute Gasteiger partial charge is 0.435 e. The Morgan fingerprint density at radius 3 is 2.19 bits per heavy atom. The van der Waals surface area contributed by atoms with E-state index in [1.54, 1.807) is 13.8 Å². The number of amides is 2. The van der Waals surface area contributed by atoms with Crippen LogP contribution in [0.1, 0.15) is 24.2 Å². The van der Waals surface area contributed by atoms with E-state index in [4.69, 9.17) is 0 Å². The first-order chi connectivity index (χ1) is 12.8. The molecule has 1 atom stereocenters. The maximum Gasteiger partial charge on any atom is 0.387 e. The van der Waals surface area contributed by atoms with Crippen LogP contribution >= 0.6 is 0 Å². The molecule has 0 radical (unpaired) electrons. The molecule has 144 valence electrons. The average molecular weight is 380 g/mol. The molecule has 27 heavy (non-hydrogen) atoms. The minimum Gasteiger partial charge on any atom is -0.435 e. The van der Waals surface area contributed by atoms with Crippen molar-refractivity contribution in [2.24, 2.45) is 5.92 Å². The minimum absolute atomic E-state index is 0.0451. The molecule has 0 saturated heterocycles. The lowest BCUT2D eigenvalue weighted by atomic mass is 10.0. The molecular weight excluding hydrogens is 361 g/mol. The topological polar surface area (TPSA) is 67.4 Å². The molecule has 2 N–H and O–H groups in total. The summed E-state index contributed by atoms with van der Waals surface area (Å²) in [6, 6.07) is 9.88. The fourth-order valence-corrected chi connectivity index (χ4v) is 2.34. The second-order valence-corrected chi connectivity index (χ2v) is 6.07. The van der Waals surface area contributed by atoms with Crippen LogP contribution in [-0.4, -0.2) is 24.5 Å². The van der Waals surface area contributed by atoms with Crippen LogP contribution in [0.25, 0.3) is 0 Å². The molecule has 0 fully saturated rings. The van der Waals surface area contributed by atoms with Crippen LogP contribution in [0, 0.1) is 11.7 Å². The van der Waals surface area contributed by atoms with Crippen LogP contribution in [0.4, 0.5) is 18.9 Å². The molecule has 1 unspecified atom stereocenters. The highest BCUT2D eigenvalue weighted by Crippen LogP contribution is 2.18. The molecule has 2 rings (SSSR count). The number of hydrogen-bond acceptors (Lipinski definition) is 3. The fraction of sp³-hybridized carbons (Fsp3) is 0.263. The highest BCUT2D eigenvalue weighted by atomic mass is 19.3. The molecule has 2 amide bonds. The van der Waals surface area contributed by atoms with Crippen molar-refractivity contribution in [1.29, 1.82) is 0 Å². The normalized spacial score (nSPS) is 12.0. The Labute approximate surface area is 154 Å². The third-order valence-corrected chi connectivity index (χ3v) is 3.70. The van der Waals surface area contributed by atoms with Crippen molar-refractivity contribution in [3.63, 3.8) is 0 Å². The van der Waals surface area contributed by atoms with Crippen LogP contribution in [0.15, 0.2) is 48.5 Å². The van der Waals surface area contributed by atoms with Gasteiger partial charge in [-0.3, -0.25) is 9.59 Å². The van der Waals surface area contributed by atoms with Gasteiger partial charge in [-0.05, 0) is 42.3 Å². The first kappa shape index (κ1) is 20.3. The van der Waals surface area contributed by atoms with Crippen molar-refractivity contribution in [1.82, 2.24) is 5.32 Å². The Bertz CT molecular complexity index is 795. The summed E-state index contributed by atoms with van der Waals surface area (Å²) in [7, 11) is 0. The minimum atomic E-state index is -2.94. The molecule has 0 heterocycles. The van der Waals surface area contributed by atoms with E-state index in [1.165, 1.54) is 42.5 Å². The molecule has 2 aromatic carbocycles. The Kier molecular flexibility index (Phi) is 6.81. The van der Waals surface area contributed by atoms with Crippen molar-refractivity contribution < 1.29 is 27.5 Å². The zero-order valence-corrected chi connectivity index (χ0v) is 14.7. The fourth-order valence-electron chi connectivity index (χ4n) is 2.34. The van der Waals surface area contributed by atoms with E-state index in [9.17, 15) is 22.8 Å². The summed E-state index contributed by atoms with van der Waals surface area (Å²) in [5.41, 5.74) is 0.178. The smallest absolute Gasteiger partial charge is 0.387 e. The highest BCUT2D eigenvalue weighted by Gasteiger charge is 2.25. The molecule has 8 heteroatoms. The maximum atomic E-state index is 13.7. The van der Waals surface area contributed by atoms with E-state index in [-0.39, 0.29) is 17.2 Å².